The second-order valence-electron chi connectivity index (χ2n) is 4.74. The average molecular weight is 296 g/mol. The number of nitrogens with one attached hydrogen (secondary N) is 1. The first-order chi connectivity index (χ1) is 8.88. The van der Waals surface area contributed by atoms with Crippen LogP contribution in [0.5, 0.6) is 0 Å². The third kappa shape index (κ3) is 3.53. The topological polar surface area (TPSA) is 12.0 Å². The van der Waals surface area contributed by atoms with Crippen LogP contribution < -0.4 is 5.32 Å². The molecule has 0 spiro atoms. The maximum Gasteiger partial charge on any atom is 0.416 e. The van der Waals surface area contributed by atoms with Crippen molar-refractivity contribution in [2.24, 2.45) is 0 Å². The Kier molecular flexibility index (Phi) is 4.23. The van der Waals surface area contributed by atoms with Crippen LogP contribution in [0, 0.1) is 5.82 Å². The minimum atomic E-state index is -4.53. The van der Waals surface area contributed by atoms with Gasteiger partial charge in [-0.1, -0.05) is 12.8 Å². The van der Waals surface area contributed by atoms with Crippen LogP contribution in [0.3, 0.4) is 0 Å². The second kappa shape index (κ2) is 5.57. The minimum absolute atomic E-state index is 0.0746. The van der Waals surface area contributed by atoms with Crippen LogP contribution >= 0.6 is 11.6 Å². The van der Waals surface area contributed by atoms with Gasteiger partial charge in [-0.25, -0.2) is 4.39 Å². The van der Waals surface area contributed by atoms with Gasteiger partial charge in [0.25, 0.3) is 0 Å². The van der Waals surface area contributed by atoms with Crippen LogP contribution in [-0.4, -0.2) is 11.4 Å². The van der Waals surface area contributed by atoms with Crippen molar-refractivity contribution in [3.8, 4) is 0 Å². The lowest BCUT2D eigenvalue weighted by molar-refractivity contribution is -0.137. The molecular formula is C13H14ClF4N. The van der Waals surface area contributed by atoms with E-state index < -0.39 is 17.6 Å². The highest BCUT2D eigenvalue weighted by Crippen LogP contribution is 2.32. The van der Waals surface area contributed by atoms with Gasteiger partial charge in [0.05, 0.1) is 16.6 Å². The second-order valence-corrected chi connectivity index (χ2v) is 5.30. The van der Waals surface area contributed by atoms with Gasteiger partial charge in [-0.2, -0.15) is 13.2 Å². The summed E-state index contributed by atoms with van der Waals surface area (Å²) in [5.41, 5.74) is -0.910. The Bertz CT molecular complexity index is 447. The number of hydrogen-bond donors (Lipinski definition) is 1. The summed E-state index contributed by atoms with van der Waals surface area (Å²) in [7, 11) is 0. The Morgan fingerprint density at radius 1 is 1.16 bits per heavy atom. The number of hydrogen-bond acceptors (Lipinski definition) is 1. The Labute approximate surface area is 113 Å². The zero-order chi connectivity index (χ0) is 14.0. The van der Waals surface area contributed by atoms with E-state index in [0.717, 1.165) is 37.8 Å². The van der Waals surface area contributed by atoms with Gasteiger partial charge in [-0.05, 0) is 31.0 Å². The summed E-state index contributed by atoms with van der Waals surface area (Å²) in [4.78, 5) is 0. The molecule has 0 radical (unpaired) electrons. The third-order valence-corrected chi connectivity index (χ3v) is 3.84. The molecule has 6 heteroatoms. The van der Waals surface area contributed by atoms with Crippen LogP contribution in [0.25, 0.3) is 0 Å². The van der Waals surface area contributed by atoms with Gasteiger partial charge in [-0.15, -0.1) is 11.6 Å². The summed E-state index contributed by atoms with van der Waals surface area (Å²) in [5.74, 6) is -0.899. The van der Waals surface area contributed by atoms with Crippen LogP contribution in [0.15, 0.2) is 18.2 Å². The molecule has 1 aliphatic carbocycles. The highest BCUT2D eigenvalue weighted by Gasteiger charge is 2.31. The predicted molar refractivity (Wildman–Crippen MR) is 66.9 cm³/mol. The molecule has 1 fully saturated rings. The molecule has 2 atom stereocenters. The Balaban J connectivity index is 2.13. The molecule has 1 aromatic rings. The molecule has 0 aliphatic heterocycles. The number of alkyl halides is 4. The molecule has 0 heterocycles. The van der Waals surface area contributed by atoms with E-state index in [0.29, 0.717) is 6.07 Å². The highest BCUT2D eigenvalue weighted by molar-refractivity contribution is 6.21. The Morgan fingerprint density at radius 2 is 1.84 bits per heavy atom. The number of rotatable bonds is 2. The van der Waals surface area contributed by atoms with Crippen molar-refractivity contribution in [1.29, 1.82) is 0 Å². The lowest BCUT2D eigenvalue weighted by atomic mass is 9.94. The van der Waals surface area contributed by atoms with E-state index in [1.165, 1.54) is 0 Å². The SMILES string of the molecule is Fc1cc(C(F)(F)F)ccc1NC1CCCCC1Cl. The van der Waals surface area contributed by atoms with Gasteiger partial charge in [0.2, 0.25) is 0 Å². The van der Waals surface area contributed by atoms with Gasteiger partial charge in [0, 0.05) is 6.04 Å². The van der Waals surface area contributed by atoms with Crippen LogP contribution in [-0.2, 0) is 6.18 Å². The fourth-order valence-corrected chi connectivity index (χ4v) is 2.60. The highest BCUT2D eigenvalue weighted by atomic mass is 35.5. The van der Waals surface area contributed by atoms with E-state index >= 15 is 0 Å². The Hall–Kier alpha value is -0.970. The summed E-state index contributed by atoms with van der Waals surface area (Å²) in [6.07, 6.45) is -0.875. The number of benzene rings is 1. The van der Waals surface area contributed by atoms with Gasteiger partial charge in [0.1, 0.15) is 5.82 Å². The molecule has 0 amide bonds. The summed E-state index contributed by atoms with van der Waals surface area (Å²) in [5, 5.41) is 2.79. The summed E-state index contributed by atoms with van der Waals surface area (Å²) in [6.45, 7) is 0. The fourth-order valence-electron chi connectivity index (χ4n) is 2.26. The molecule has 2 rings (SSSR count). The predicted octanol–water partition coefficient (Wildman–Crippen LogP) is 4.81. The molecule has 1 aliphatic rings. The van der Waals surface area contributed by atoms with Crippen molar-refractivity contribution in [3.05, 3.63) is 29.6 Å². The molecule has 0 aromatic heterocycles. The fraction of sp³-hybridized carbons (Fsp3) is 0.538. The van der Waals surface area contributed by atoms with Crippen LogP contribution in [0.1, 0.15) is 31.2 Å². The van der Waals surface area contributed by atoms with Gasteiger partial charge in [0.15, 0.2) is 0 Å². The lowest BCUT2D eigenvalue weighted by Gasteiger charge is -2.29. The standard InChI is InChI=1S/C13H14ClF4N/c14-9-3-1-2-4-11(9)19-12-6-5-8(7-10(12)15)13(16,17)18/h5-7,9,11,19H,1-4H2. The average Bonchev–Trinajstić information content (AvgIpc) is 2.33. The summed E-state index contributed by atoms with van der Waals surface area (Å²) in [6, 6.07) is 2.41. The van der Waals surface area contributed by atoms with Crippen LogP contribution in [0.2, 0.25) is 0 Å². The Morgan fingerprint density at radius 3 is 2.42 bits per heavy atom. The molecule has 19 heavy (non-hydrogen) atoms. The van der Waals surface area contributed by atoms with Gasteiger partial charge in [-0.3, -0.25) is 0 Å². The number of halogens is 5. The maximum absolute atomic E-state index is 13.7. The third-order valence-electron chi connectivity index (χ3n) is 3.32. The maximum atomic E-state index is 13.7. The van der Waals surface area contributed by atoms with Crippen molar-refractivity contribution in [2.45, 2.75) is 43.3 Å². The van der Waals surface area contributed by atoms with Crippen LogP contribution in [0.4, 0.5) is 23.2 Å². The first-order valence-electron chi connectivity index (χ1n) is 6.15. The zero-order valence-electron chi connectivity index (χ0n) is 10.1. The van der Waals surface area contributed by atoms with E-state index in [-0.39, 0.29) is 17.1 Å². The first-order valence-corrected chi connectivity index (χ1v) is 6.59. The first kappa shape index (κ1) is 14.4. The normalized spacial score (nSPS) is 24.3. The monoisotopic (exact) mass is 295 g/mol. The van der Waals surface area contributed by atoms with E-state index in [1.807, 2.05) is 0 Å². The smallest absolute Gasteiger partial charge is 0.378 e. The minimum Gasteiger partial charge on any atom is -0.378 e. The lowest BCUT2D eigenvalue weighted by Crippen LogP contribution is -2.33. The van der Waals surface area contributed by atoms with Crippen molar-refractivity contribution < 1.29 is 17.6 Å². The summed E-state index contributed by atoms with van der Waals surface area (Å²) >= 11 is 6.12. The molecule has 106 valence electrons. The van der Waals surface area contributed by atoms with Crippen molar-refractivity contribution >= 4 is 17.3 Å². The van der Waals surface area contributed by atoms with E-state index in [4.69, 9.17) is 11.6 Å². The molecule has 0 bridgehead atoms. The largest absolute Gasteiger partial charge is 0.416 e. The van der Waals surface area contributed by atoms with Gasteiger partial charge >= 0.3 is 6.18 Å². The van der Waals surface area contributed by atoms with E-state index in [2.05, 4.69) is 5.32 Å². The molecular weight excluding hydrogens is 282 g/mol. The van der Waals surface area contributed by atoms with Crippen molar-refractivity contribution in [1.82, 2.24) is 0 Å². The molecule has 1 nitrogen and oxygen atoms in total. The quantitative estimate of drug-likeness (QED) is 0.610. The molecule has 2 unspecified atom stereocenters. The van der Waals surface area contributed by atoms with Crippen molar-refractivity contribution in [2.75, 3.05) is 5.32 Å². The molecule has 1 N–H and O–H groups in total. The number of anilines is 1. The van der Waals surface area contributed by atoms with Gasteiger partial charge < -0.3 is 5.32 Å². The summed E-state index contributed by atoms with van der Waals surface area (Å²) < 4.78 is 50.9. The van der Waals surface area contributed by atoms with E-state index in [9.17, 15) is 17.6 Å². The zero-order valence-corrected chi connectivity index (χ0v) is 10.9. The van der Waals surface area contributed by atoms with Crippen molar-refractivity contribution in [3.63, 3.8) is 0 Å². The molecule has 0 saturated heterocycles. The molecule has 1 aromatic carbocycles. The molecule has 1 saturated carbocycles. The van der Waals surface area contributed by atoms with E-state index in [1.54, 1.807) is 0 Å².